The Kier molecular flexibility index (Phi) is 3.85. The Labute approximate surface area is 101 Å². The third kappa shape index (κ3) is 2.92. The summed E-state index contributed by atoms with van der Waals surface area (Å²) in [5, 5.41) is 2.19. The van der Waals surface area contributed by atoms with Crippen LogP contribution < -0.4 is 10.0 Å². The van der Waals surface area contributed by atoms with Gasteiger partial charge in [0.25, 0.3) is 5.91 Å². The molecule has 0 atom stereocenters. The van der Waals surface area contributed by atoms with Crippen LogP contribution in [0.1, 0.15) is 10.4 Å². The van der Waals surface area contributed by atoms with Crippen LogP contribution in [0.15, 0.2) is 24.3 Å². The standard InChI is InChI=1S/C9H9F3N2O3S/c1-13-8(15)6-4-2-3-5-7(6)14-18(16,17)9(10,11)12/h2-5,14H,1H3,(H,13,15). The molecule has 1 rings (SSSR count). The quantitative estimate of drug-likeness (QED) is 0.877. The molecule has 0 saturated carbocycles. The summed E-state index contributed by atoms with van der Waals surface area (Å²) in [6, 6.07) is 4.97. The van der Waals surface area contributed by atoms with Gasteiger partial charge in [-0.15, -0.1) is 0 Å². The average molecular weight is 282 g/mol. The summed E-state index contributed by atoms with van der Waals surface area (Å²) in [4.78, 5) is 11.3. The number of halogens is 3. The van der Waals surface area contributed by atoms with Gasteiger partial charge in [0.2, 0.25) is 0 Å². The summed E-state index contributed by atoms with van der Waals surface area (Å²) < 4.78 is 59.7. The maximum absolute atomic E-state index is 12.2. The molecule has 18 heavy (non-hydrogen) atoms. The van der Waals surface area contributed by atoms with Crippen molar-refractivity contribution < 1.29 is 26.4 Å². The van der Waals surface area contributed by atoms with Crippen LogP contribution in [0, 0.1) is 0 Å². The Morgan fingerprint density at radius 3 is 2.28 bits per heavy atom. The number of carbonyl (C=O) groups excluding carboxylic acids is 1. The molecule has 0 saturated heterocycles. The molecule has 0 aromatic heterocycles. The van der Waals surface area contributed by atoms with E-state index in [1.54, 1.807) is 0 Å². The molecule has 0 radical (unpaired) electrons. The number of sulfonamides is 1. The molecule has 0 aliphatic carbocycles. The van der Waals surface area contributed by atoms with Crippen molar-refractivity contribution in [3.05, 3.63) is 29.8 Å². The second kappa shape index (κ2) is 4.84. The maximum Gasteiger partial charge on any atom is 0.516 e. The predicted octanol–water partition coefficient (Wildman–Crippen LogP) is 1.31. The number of benzene rings is 1. The Balaban J connectivity index is 3.18. The third-order valence-electron chi connectivity index (χ3n) is 1.95. The number of rotatable bonds is 3. The Hall–Kier alpha value is -1.77. The maximum atomic E-state index is 12.2. The monoisotopic (exact) mass is 282 g/mol. The highest BCUT2D eigenvalue weighted by atomic mass is 32.2. The lowest BCUT2D eigenvalue weighted by Crippen LogP contribution is -2.31. The first-order valence-corrected chi connectivity index (χ1v) is 6.07. The molecule has 0 bridgehead atoms. The zero-order valence-electron chi connectivity index (χ0n) is 9.08. The summed E-state index contributed by atoms with van der Waals surface area (Å²) >= 11 is 0. The van der Waals surface area contributed by atoms with Crippen LogP contribution in [-0.2, 0) is 10.0 Å². The van der Waals surface area contributed by atoms with Gasteiger partial charge in [-0.3, -0.25) is 9.52 Å². The van der Waals surface area contributed by atoms with E-state index >= 15 is 0 Å². The zero-order valence-corrected chi connectivity index (χ0v) is 9.89. The van der Waals surface area contributed by atoms with Gasteiger partial charge in [0.15, 0.2) is 0 Å². The molecule has 1 aromatic carbocycles. The minimum Gasteiger partial charge on any atom is -0.355 e. The van der Waals surface area contributed by atoms with Crippen molar-refractivity contribution in [3.63, 3.8) is 0 Å². The van der Waals surface area contributed by atoms with E-state index in [9.17, 15) is 26.4 Å². The van der Waals surface area contributed by atoms with E-state index in [0.29, 0.717) is 0 Å². The number of para-hydroxylation sites is 1. The van der Waals surface area contributed by atoms with Crippen molar-refractivity contribution in [2.45, 2.75) is 5.51 Å². The molecule has 0 spiro atoms. The first kappa shape index (κ1) is 14.3. The summed E-state index contributed by atoms with van der Waals surface area (Å²) in [6.45, 7) is 0. The largest absolute Gasteiger partial charge is 0.516 e. The van der Waals surface area contributed by atoms with Crippen LogP contribution in [0.5, 0.6) is 0 Å². The van der Waals surface area contributed by atoms with Gasteiger partial charge in [-0.1, -0.05) is 12.1 Å². The van der Waals surface area contributed by atoms with Gasteiger partial charge in [0.05, 0.1) is 11.3 Å². The van der Waals surface area contributed by atoms with E-state index in [2.05, 4.69) is 5.32 Å². The summed E-state index contributed by atoms with van der Waals surface area (Å²) in [5.41, 5.74) is -6.08. The molecule has 1 aromatic rings. The molecular weight excluding hydrogens is 273 g/mol. The SMILES string of the molecule is CNC(=O)c1ccccc1NS(=O)(=O)C(F)(F)F. The molecule has 0 aliphatic heterocycles. The van der Waals surface area contributed by atoms with Crippen molar-refractivity contribution in [2.24, 2.45) is 0 Å². The van der Waals surface area contributed by atoms with E-state index < -0.39 is 27.1 Å². The average Bonchev–Trinajstić information content (AvgIpc) is 2.26. The van der Waals surface area contributed by atoms with E-state index in [0.717, 1.165) is 6.07 Å². The number of anilines is 1. The molecular formula is C9H9F3N2O3S. The highest BCUT2D eigenvalue weighted by molar-refractivity contribution is 7.93. The fourth-order valence-corrected chi connectivity index (χ4v) is 1.69. The molecule has 2 N–H and O–H groups in total. The third-order valence-corrected chi connectivity index (χ3v) is 3.05. The lowest BCUT2D eigenvalue weighted by Gasteiger charge is -2.13. The number of hydrogen-bond acceptors (Lipinski definition) is 3. The number of alkyl halides is 3. The molecule has 1 amide bonds. The molecule has 100 valence electrons. The van der Waals surface area contributed by atoms with Gasteiger partial charge in [-0.25, -0.2) is 0 Å². The molecule has 0 unspecified atom stereocenters. The lowest BCUT2D eigenvalue weighted by atomic mass is 10.2. The molecule has 0 heterocycles. The van der Waals surface area contributed by atoms with E-state index in [1.807, 2.05) is 0 Å². The number of amides is 1. The molecule has 0 fully saturated rings. The summed E-state index contributed by atoms with van der Waals surface area (Å²) in [5.74, 6) is -0.699. The van der Waals surface area contributed by atoms with Crippen LogP contribution in [0.25, 0.3) is 0 Å². The minimum absolute atomic E-state index is 0.201. The van der Waals surface area contributed by atoms with Crippen molar-refractivity contribution in [1.29, 1.82) is 0 Å². The van der Waals surface area contributed by atoms with Gasteiger partial charge in [-0.05, 0) is 12.1 Å². The fourth-order valence-electron chi connectivity index (χ4n) is 1.11. The topological polar surface area (TPSA) is 75.3 Å². The van der Waals surface area contributed by atoms with E-state index in [4.69, 9.17) is 0 Å². The smallest absolute Gasteiger partial charge is 0.355 e. The van der Waals surface area contributed by atoms with Gasteiger partial charge in [0, 0.05) is 7.05 Å². The minimum atomic E-state index is -5.55. The zero-order chi connectivity index (χ0) is 14.0. The van der Waals surface area contributed by atoms with Crippen LogP contribution in [0.3, 0.4) is 0 Å². The number of carbonyl (C=O) groups is 1. The lowest BCUT2D eigenvalue weighted by molar-refractivity contribution is -0.0429. The van der Waals surface area contributed by atoms with Crippen molar-refractivity contribution in [3.8, 4) is 0 Å². The number of nitrogens with one attached hydrogen (secondary N) is 2. The van der Waals surface area contributed by atoms with Gasteiger partial charge < -0.3 is 5.32 Å². The normalized spacial score (nSPS) is 12.0. The summed E-state index contributed by atoms with van der Waals surface area (Å²) in [7, 11) is -4.27. The molecule has 0 aliphatic rings. The predicted molar refractivity (Wildman–Crippen MR) is 58.4 cm³/mol. The van der Waals surface area contributed by atoms with Crippen LogP contribution >= 0.6 is 0 Å². The molecule has 9 heteroatoms. The van der Waals surface area contributed by atoms with Crippen molar-refractivity contribution >= 4 is 21.6 Å². The molecule has 5 nitrogen and oxygen atoms in total. The highest BCUT2D eigenvalue weighted by Crippen LogP contribution is 2.26. The van der Waals surface area contributed by atoms with Crippen LogP contribution in [0.2, 0.25) is 0 Å². The van der Waals surface area contributed by atoms with Crippen molar-refractivity contribution in [2.75, 3.05) is 11.8 Å². The van der Waals surface area contributed by atoms with Crippen LogP contribution in [0.4, 0.5) is 18.9 Å². The highest BCUT2D eigenvalue weighted by Gasteiger charge is 2.46. The fraction of sp³-hybridized carbons (Fsp3) is 0.222. The van der Waals surface area contributed by atoms with E-state index in [-0.39, 0.29) is 5.56 Å². The first-order valence-electron chi connectivity index (χ1n) is 4.59. The Morgan fingerprint density at radius 2 is 1.78 bits per heavy atom. The van der Waals surface area contributed by atoms with Gasteiger partial charge in [0.1, 0.15) is 0 Å². The summed E-state index contributed by atoms with van der Waals surface area (Å²) in [6.07, 6.45) is 0. The second-order valence-corrected chi connectivity index (χ2v) is 4.85. The Bertz CT molecular complexity index is 554. The first-order chi connectivity index (χ1) is 8.19. The van der Waals surface area contributed by atoms with Crippen molar-refractivity contribution in [1.82, 2.24) is 5.32 Å². The van der Waals surface area contributed by atoms with Gasteiger partial charge >= 0.3 is 15.5 Å². The Morgan fingerprint density at radius 1 is 1.22 bits per heavy atom. The number of hydrogen-bond donors (Lipinski definition) is 2. The van der Waals surface area contributed by atoms with E-state index in [1.165, 1.54) is 30.0 Å². The van der Waals surface area contributed by atoms with Gasteiger partial charge in [-0.2, -0.15) is 21.6 Å². The van der Waals surface area contributed by atoms with Crippen LogP contribution in [-0.4, -0.2) is 26.9 Å². The second-order valence-electron chi connectivity index (χ2n) is 3.18.